The summed E-state index contributed by atoms with van der Waals surface area (Å²) in [5, 5.41) is 10.1. The summed E-state index contributed by atoms with van der Waals surface area (Å²) in [7, 11) is 0. The van der Waals surface area contributed by atoms with Crippen molar-refractivity contribution < 1.29 is 0 Å². The smallest absolute Gasteiger partial charge is 0.0710 e. The number of rotatable bonds is 4. The molecule has 2 aromatic heterocycles. The van der Waals surface area contributed by atoms with Gasteiger partial charge in [-0.05, 0) is 12.1 Å². The van der Waals surface area contributed by atoms with E-state index >= 15 is 0 Å². The SMILES string of the molecule is C#CCNCc1cn[nH]c1-c1cccnc1. The first-order chi connectivity index (χ1) is 7.92. The number of hydrogen-bond acceptors (Lipinski definition) is 3. The van der Waals surface area contributed by atoms with E-state index < -0.39 is 0 Å². The minimum Gasteiger partial charge on any atom is -0.302 e. The van der Waals surface area contributed by atoms with E-state index in [2.05, 4.69) is 26.4 Å². The van der Waals surface area contributed by atoms with Gasteiger partial charge in [-0.1, -0.05) is 5.92 Å². The maximum Gasteiger partial charge on any atom is 0.0710 e. The molecule has 0 aliphatic rings. The van der Waals surface area contributed by atoms with E-state index in [1.54, 1.807) is 18.6 Å². The lowest BCUT2D eigenvalue weighted by molar-refractivity contribution is 0.772. The number of H-pyrrole nitrogens is 1. The van der Waals surface area contributed by atoms with Gasteiger partial charge in [0.05, 0.1) is 18.4 Å². The molecular weight excluding hydrogens is 200 g/mol. The summed E-state index contributed by atoms with van der Waals surface area (Å²) in [6.07, 6.45) is 10.5. The predicted octanol–water partition coefficient (Wildman–Crippen LogP) is 1.19. The highest BCUT2D eigenvalue weighted by atomic mass is 15.1. The highest BCUT2D eigenvalue weighted by Crippen LogP contribution is 2.19. The largest absolute Gasteiger partial charge is 0.302 e. The summed E-state index contributed by atoms with van der Waals surface area (Å²) < 4.78 is 0. The van der Waals surface area contributed by atoms with Crippen LogP contribution in [0.5, 0.6) is 0 Å². The van der Waals surface area contributed by atoms with Gasteiger partial charge in [-0.25, -0.2) is 0 Å². The van der Waals surface area contributed by atoms with Crippen LogP contribution in [-0.2, 0) is 6.54 Å². The normalized spacial score (nSPS) is 9.94. The number of aromatic amines is 1. The fourth-order valence-electron chi connectivity index (χ4n) is 1.48. The molecule has 16 heavy (non-hydrogen) atoms. The fraction of sp³-hybridized carbons (Fsp3) is 0.167. The van der Waals surface area contributed by atoms with Crippen LogP contribution < -0.4 is 5.32 Å². The average Bonchev–Trinajstić information content (AvgIpc) is 2.79. The molecule has 0 fully saturated rings. The average molecular weight is 212 g/mol. The quantitative estimate of drug-likeness (QED) is 0.591. The van der Waals surface area contributed by atoms with E-state index in [1.165, 1.54) is 0 Å². The van der Waals surface area contributed by atoms with Crippen LogP contribution >= 0.6 is 0 Å². The number of nitrogens with one attached hydrogen (secondary N) is 2. The van der Waals surface area contributed by atoms with Crippen LogP contribution in [0.3, 0.4) is 0 Å². The Morgan fingerprint density at radius 3 is 3.12 bits per heavy atom. The number of pyridine rings is 1. The summed E-state index contributed by atoms with van der Waals surface area (Å²) in [5.41, 5.74) is 3.10. The van der Waals surface area contributed by atoms with Crippen molar-refractivity contribution in [3.63, 3.8) is 0 Å². The second kappa shape index (κ2) is 5.10. The van der Waals surface area contributed by atoms with Crippen molar-refractivity contribution in [1.29, 1.82) is 0 Å². The van der Waals surface area contributed by atoms with Crippen LogP contribution in [0.1, 0.15) is 5.56 Å². The Hall–Kier alpha value is -2.12. The van der Waals surface area contributed by atoms with Gasteiger partial charge in [0.2, 0.25) is 0 Å². The molecule has 80 valence electrons. The van der Waals surface area contributed by atoms with Gasteiger partial charge in [0.1, 0.15) is 0 Å². The van der Waals surface area contributed by atoms with Gasteiger partial charge in [0.25, 0.3) is 0 Å². The molecule has 4 heteroatoms. The van der Waals surface area contributed by atoms with Crippen molar-refractivity contribution in [3.8, 4) is 23.6 Å². The molecular formula is C12H12N4. The monoisotopic (exact) mass is 212 g/mol. The van der Waals surface area contributed by atoms with Gasteiger partial charge in [-0.15, -0.1) is 6.42 Å². The van der Waals surface area contributed by atoms with E-state index in [4.69, 9.17) is 6.42 Å². The zero-order valence-electron chi connectivity index (χ0n) is 8.77. The van der Waals surface area contributed by atoms with Crippen molar-refractivity contribution >= 4 is 0 Å². The van der Waals surface area contributed by atoms with E-state index in [0.717, 1.165) is 16.8 Å². The molecule has 2 N–H and O–H groups in total. The Bertz CT molecular complexity index is 481. The van der Waals surface area contributed by atoms with E-state index in [9.17, 15) is 0 Å². The second-order valence-electron chi connectivity index (χ2n) is 3.32. The number of nitrogens with zero attached hydrogens (tertiary/aromatic N) is 2. The molecule has 2 aromatic rings. The first kappa shape index (κ1) is 10.4. The number of terminal acetylenes is 1. The molecule has 0 spiro atoms. The van der Waals surface area contributed by atoms with E-state index in [1.807, 2.05) is 12.1 Å². The van der Waals surface area contributed by atoms with Crippen molar-refractivity contribution in [3.05, 3.63) is 36.3 Å². The molecule has 2 heterocycles. The zero-order valence-corrected chi connectivity index (χ0v) is 8.77. The summed E-state index contributed by atoms with van der Waals surface area (Å²) in [6, 6.07) is 3.89. The van der Waals surface area contributed by atoms with Crippen LogP contribution in [0.4, 0.5) is 0 Å². The van der Waals surface area contributed by atoms with Gasteiger partial charge in [-0.2, -0.15) is 5.10 Å². The van der Waals surface area contributed by atoms with E-state index in [0.29, 0.717) is 13.1 Å². The molecule has 0 aliphatic carbocycles. The zero-order chi connectivity index (χ0) is 11.2. The minimum absolute atomic E-state index is 0.553. The fourth-order valence-corrected chi connectivity index (χ4v) is 1.48. The summed E-state index contributed by atoms with van der Waals surface area (Å²) in [5.74, 6) is 2.54. The van der Waals surface area contributed by atoms with Gasteiger partial charge in [0, 0.05) is 30.1 Å². The molecule has 0 amide bonds. The maximum atomic E-state index is 5.17. The van der Waals surface area contributed by atoms with Gasteiger partial charge < -0.3 is 5.32 Å². The summed E-state index contributed by atoms with van der Waals surface area (Å²) >= 11 is 0. The molecule has 0 bridgehead atoms. The molecule has 0 aromatic carbocycles. The van der Waals surface area contributed by atoms with Crippen LogP contribution in [0.2, 0.25) is 0 Å². The number of aromatic nitrogens is 3. The Morgan fingerprint density at radius 1 is 1.44 bits per heavy atom. The molecule has 4 nitrogen and oxygen atoms in total. The standard InChI is InChI=1S/C12H12N4/c1-2-5-13-8-11-9-15-16-12(11)10-4-3-6-14-7-10/h1,3-4,6-7,9,13H,5,8H2,(H,15,16). The first-order valence-electron chi connectivity index (χ1n) is 4.98. The molecule has 0 atom stereocenters. The molecule has 0 saturated heterocycles. The van der Waals surface area contributed by atoms with Crippen molar-refractivity contribution in [2.75, 3.05) is 6.54 Å². The topological polar surface area (TPSA) is 53.6 Å². The highest BCUT2D eigenvalue weighted by molar-refractivity contribution is 5.61. The lowest BCUT2D eigenvalue weighted by Crippen LogP contribution is -2.13. The Balaban J connectivity index is 2.17. The Labute approximate surface area is 94.1 Å². The van der Waals surface area contributed by atoms with Crippen molar-refractivity contribution in [1.82, 2.24) is 20.5 Å². The maximum absolute atomic E-state index is 5.17. The minimum atomic E-state index is 0.553. The van der Waals surface area contributed by atoms with E-state index in [-0.39, 0.29) is 0 Å². The molecule has 0 aliphatic heterocycles. The summed E-state index contributed by atoms with van der Waals surface area (Å²) in [4.78, 5) is 4.08. The van der Waals surface area contributed by atoms with Gasteiger partial charge in [-0.3, -0.25) is 10.1 Å². The third-order valence-electron chi connectivity index (χ3n) is 2.21. The third-order valence-corrected chi connectivity index (χ3v) is 2.21. The molecule has 0 unspecified atom stereocenters. The molecule has 2 rings (SSSR count). The van der Waals surface area contributed by atoms with Gasteiger partial charge in [0.15, 0.2) is 0 Å². The summed E-state index contributed by atoms with van der Waals surface area (Å²) in [6.45, 7) is 1.25. The van der Waals surface area contributed by atoms with Crippen molar-refractivity contribution in [2.45, 2.75) is 6.54 Å². The third kappa shape index (κ3) is 2.27. The lowest BCUT2D eigenvalue weighted by Gasteiger charge is -2.02. The molecule has 0 radical (unpaired) electrons. The highest BCUT2D eigenvalue weighted by Gasteiger charge is 2.06. The van der Waals surface area contributed by atoms with Gasteiger partial charge >= 0.3 is 0 Å². The second-order valence-corrected chi connectivity index (χ2v) is 3.32. The number of hydrogen-bond donors (Lipinski definition) is 2. The Kier molecular flexibility index (Phi) is 3.31. The first-order valence-corrected chi connectivity index (χ1v) is 4.98. The Morgan fingerprint density at radius 2 is 2.38 bits per heavy atom. The molecule has 0 saturated carbocycles. The van der Waals surface area contributed by atoms with Crippen LogP contribution in [0.15, 0.2) is 30.7 Å². The van der Waals surface area contributed by atoms with Crippen molar-refractivity contribution in [2.24, 2.45) is 0 Å². The lowest BCUT2D eigenvalue weighted by atomic mass is 10.1. The van der Waals surface area contributed by atoms with Crippen LogP contribution in [-0.4, -0.2) is 21.7 Å². The van der Waals surface area contributed by atoms with Crippen LogP contribution in [0.25, 0.3) is 11.3 Å². The van der Waals surface area contributed by atoms with Crippen LogP contribution in [0, 0.1) is 12.3 Å². The predicted molar refractivity (Wildman–Crippen MR) is 62.4 cm³/mol.